The Bertz CT molecular complexity index is 1170. The first-order chi connectivity index (χ1) is 16.6. The number of anilines is 2. The maximum absolute atomic E-state index is 13.0. The third kappa shape index (κ3) is 4.80. The van der Waals surface area contributed by atoms with Crippen LogP contribution in [0, 0.1) is 11.8 Å². The Labute approximate surface area is 202 Å². The lowest BCUT2D eigenvalue weighted by atomic mass is 9.77. The molecule has 3 aromatic rings. The van der Waals surface area contributed by atoms with Gasteiger partial charge in [-0.3, -0.25) is 4.79 Å². The minimum Gasteiger partial charge on any atom is -0.392 e. The minimum absolute atomic E-state index is 0.116. The fraction of sp³-hybridized carbons (Fsp3) is 0.375. The summed E-state index contributed by atoms with van der Waals surface area (Å²) >= 11 is 6.24. The number of hydrogen-bond acceptors (Lipinski definition) is 8. The number of aromatic nitrogens is 4. The number of halogens is 1. The fourth-order valence-corrected chi connectivity index (χ4v) is 4.70. The summed E-state index contributed by atoms with van der Waals surface area (Å²) in [5.41, 5.74) is 1.92. The summed E-state index contributed by atoms with van der Waals surface area (Å²) < 4.78 is 0. The van der Waals surface area contributed by atoms with Crippen LogP contribution in [0.3, 0.4) is 0 Å². The summed E-state index contributed by atoms with van der Waals surface area (Å²) in [6, 6.07) is 7.20. The molecule has 1 aromatic carbocycles. The van der Waals surface area contributed by atoms with Crippen molar-refractivity contribution in [3.05, 3.63) is 70.4 Å². The van der Waals surface area contributed by atoms with Crippen molar-refractivity contribution in [3.8, 4) is 0 Å². The predicted octanol–water partition coefficient (Wildman–Crippen LogP) is 2.80. The first-order valence-corrected chi connectivity index (χ1v) is 11.8. The average Bonchev–Trinajstić information content (AvgIpc) is 3.15. The van der Waals surface area contributed by atoms with Gasteiger partial charge < -0.3 is 20.6 Å². The Morgan fingerprint density at radius 1 is 1.12 bits per heavy atom. The van der Waals surface area contributed by atoms with Gasteiger partial charge in [0.2, 0.25) is 5.95 Å². The number of aliphatic hydroxyl groups is 1. The number of aliphatic hydroxyl groups excluding tert-OH is 1. The summed E-state index contributed by atoms with van der Waals surface area (Å²) in [6.45, 7) is 2.41. The van der Waals surface area contributed by atoms with E-state index in [9.17, 15) is 9.90 Å². The van der Waals surface area contributed by atoms with Crippen molar-refractivity contribution in [2.45, 2.75) is 32.5 Å². The molecule has 5 rings (SSSR count). The van der Waals surface area contributed by atoms with E-state index in [4.69, 9.17) is 16.6 Å². The Morgan fingerprint density at radius 2 is 1.88 bits per heavy atom. The van der Waals surface area contributed by atoms with Crippen LogP contribution in [0.5, 0.6) is 0 Å². The average molecular weight is 480 g/mol. The number of amides is 1. The molecule has 3 heterocycles. The van der Waals surface area contributed by atoms with Crippen molar-refractivity contribution in [2.24, 2.45) is 11.8 Å². The molecule has 34 heavy (non-hydrogen) atoms. The quantitative estimate of drug-likeness (QED) is 0.451. The molecule has 2 aliphatic rings. The second-order valence-electron chi connectivity index (χ2n) is 8.72. The van der Waals surface area contributed by atoms with Crippen molar-refractivity contribution in [3.63, 3.8) is 0 Å². The van der Waals surface area contributed by atoms with Gasteiger partial charge in [0.25, 0.3) is 5.91 Å². The number of carbonyl (C=O) groups excluding carboxylic acids is 1. The molecule has 0 spiro atoms. The third-order valence-corrected chi connectivity index (χ3v) is 6.91. The van der Waals surface area contributed by atoms with Gasteiger partial charge in [-0.1, -0.05) is 23.7 Å². The minimum atomic E-state index is -0.309. The molecule has 10 heteroatoms. The first kappa shape index (κ1) is 22.5. The molecule has 1 aliphatic heterocycles. The van der Waals surface area contributed by atoms with E-state index < -0.39 is 0 Å². The van der Waals surface area contributed by atoms with E-state index in [1.165, 1.54) is 12.8 Å². The summed E-state index contributed by atoms with van der Waals surface area (Å²) in [4.78, 5) is 32.7. The summed E-state index contributed by atoms with van der Waals surface area (Å²) in [6.07, 6.45) is 7.37. The highest BCUT2D eigenvalue weighted by molar-refractivity contribution is 6.31. The van der Waals surface area contributed by atoms with E-state index in [-0.39, 0.29) is 19.1 Å². The Morgan fingerprint density at radius 3 is 2.56 bits per heavy atom. The molecule has 2 aromatic heterocycles. The third-order valence-electron chi connectivity index (χ3n) is 6.56. The van der Waals surface area contributed by atoms with Gasteiger partial charge in [-0.15, -0.1) is 0 Å². The largest absolute Gasteiger partial charge is 0.392 e. The second kappa shape index (κ2) is 9.90. The zero-order valence-electron chi connectivity index (χ0n) is 18.6. The van der Waals surface area contributed by atoms with Crippen LogP contribution in [-0.2, 0) is 19.7 Å². The van der Waals surface area contributed by atoms with Gasteiger partial charge in [0.1, 0.15) is 17.2 Å². The number of fused-ring (bicyclic) bond motifs is 1. The lowest BCUT2D eigenvalue weighted by Crippen LogP contribution is -2.27. The normalized spacial score (nSPS) is 18.8. The fourth-order valence-electron chi connectivity index (χ4n) is 4.44. The molecule has 2 unspecified atom stereocenters. The molecular weight excluding hydrogens is 454 g/mol. The van der Waals surface area contributed by atoms with Crippen LogP contribution in [-0.4, -0.2) is 44.0 Å². The van der Waals surface area contributed by atoms with Gasteiger partial charge >= 0.3 is 0 Å². The van der Waals surface area contributed by atoms with Gasteiger partial charge in [-0.2, -0.15) is 4.98 Å². The Balaban J connectivity index is 1.35. The highest BCUT2D eigenvalue weighted by Crippen LogP contribution is 2.41. The molecule has 2 fully saturated rings. The molecule has 9 nitrogen and oxygen atoms in total. The smallest absolute Gasteiger partial charge is 0.256 e. The zero-order valence-corrected chi connectivity index (χ0v) is 19.4. The molecule has 1 saturated carbocycles. The topological polar surface area (TPSA) is 116 Å². The number of nitrogens with one attached hydrogen (secondary N) is 2. The van der Waals surface area contributed by atoms with Gasteiger partial charge in [0.15, 0.2) is 0 Å². The summed E-state index contributed by atoms with van der Waals surface area (Å²) in [5.74, 6) is 2.75. The molecule has 0 radical (unpaired) electrons. The SMILES string of the molecule is O=C(NCc1ncccn1)c1cnc(N2CC3CCC3C2)nc1NCc1ccc(CO)c(Cl)c1. The van der Waals surface area contributed by atoms with Crippen molar-refractivity contribution in [2.75, 3.05) is 23.3 Å². The van der Waals surface area contributed by atoms with Crippen molar-refractivity contribution in [1.82, 2.24) is 25.3 Å². The van der Waals surface area contributed by atoms with Crippen LogP contribution in [0.4, 0.5) is 11.8 Å². The summed E-state index contributed by atoms with van der Waals surface area (Å²) in [5, 5.41) is 16.0. The molecular formula is C24H26ClN7O2. The maximum Gasteiger partial charge on any atom is 0.256 e. The van der Waals surface area contributed by atoms with Crippen molar-refractivity contribution >= 4 is 29.3 Å². The number of carbonyl (C=O) groups is 1. The van der Waals surface area contributed by atoms with E-state index in [2.05, 4.69) is 30.5 Å². The van der Waals surface area contributed by atoms with E-state index in [0.29, 0.717) is 40.3 Å². The van der Waals surface area contributed by atoms with E-state index in [1.807, 2.05) is 6.07 Å². The van der Waals surface area contributed by atoms with E-state index >= 15 is 0 Å². The molecule has 1 saturated heterocycles. The van der Waals surface area contributed by atoms with E-state index in [0.717, 1.165) is 30.5 Å². The molecule has 176 valence electrons. The number of benzene rings is 1. The van der Waals surface area contributed by atoms with Gasteiger partial charge in [-0.25, -0.2) is 15.0 Å². The van der Waals surface area contributed by atoms with Crippen molar-refractivity contribution in [1.29, 1.82) is 0 Å². The monoisotopic (exact) mass is 479 g/mol. The van der Waals surface area contributed by atoms with Gasteiger partial charge in [-0.05, 0) is 47.9 Å². The lowest BCUT2D eigenvalue weighted by Gasteiger charge is -2.27. The van der Waals surface area contributed by atoms with Crippen LogP contribution >= 0.6 is 11.6 Å². The highest BCUT2D eigenvalue weighted by Gasteiger charge is 2.40. The zero-order chi connectivity index (χ0) is 23.5. The highest BCUT2D eigenvalue weighted by atomic mass is 35.5. The van der Waals surface area contributed by atoms with Crippen LogP contribution in [0.15, 0.2) is 42.9 Å². The number of rotatable bonds is 8. The number of hydrogen-bond donors (Lipinski definition) is 3. The second-order valence-corrected chi connectivity index (χ2v) is 9.13. The van der Waals surface area contributed by atoms with Crippen LogP contribution in [0.25, 0.3) is 0 Å². The van der Waals surface area contributed by atoms with Crippen molar-refractivity contribution < 1.29 is 9.90 Å². The van der Waals surface area contributed by atoms with Crippen LogP contribution in [0.2, 0.25) is 5.02 Å². The van der Waals surface area contributed by atoms with Crippen LogP contribution < -0.4 is 15.5 Å². The first-order valence-electron chi connectivity index (χ1n) is 11.4. The van der Waals surface area contributed by atoms with Gasteiger partial charge in [0, 0.05) is 43.2 Å². The maximum atomic E-state index is 13.0. The predicted molar refractivity (Wildman–Crippen MR) is 128 cm³/mol. The lowest BCUT2D eigenvalue weighted by molar-refractivity contribution is 0.0950. The molecule has 3 N–H and O–H groups in total. The molecule has 1 aliphatic carbocycles. The standard InChI is InChI=1S/C24H26ClN7O2/c25-20-8-15(2-3-18(20)14-33)9-28-22-19(23(34)29-11-21-26-6-1-7-27-21)10-30-24(31-22)32-12-16-4-5-17(16)13-32/h1-3,6-8,10,16-17,33H,4-5,9,11-14H2,(H,29,34)(H,28,30,31). The van der Waals surface area contributed by atoms with Gasteiger partial charge in [0.05, 0.1) is 13.2 Å². The van der Waals surface area contributed by atoms with E-state index in [1.54, 1.807) is 36.8 Å². The Kier molecular flexibility index (Phi) is 6.55. The molecule has 2 atom stereocenters. The molecule has 0 bridgehead atoms. The van der Waals surface area contributed by atoms with Crippen LogP contribution in [0.1, 0.15) is 40.2 Å². The Hall–Kier alpha value is -3.30. The molecule has 1 amide bonds. The summed E-state index contributed by atoms with van der Waals surface area (Å²) in [7, 11) is 0. The number of nitrogens with zero attached hydrogens (tertiary/aromatic N) is 5.